The lowest BCUT2D eigenvalue weighted by molar-refractivity contribution is 0.288. The summed E-state index contributed by atoms with van der Waals surface area (Å²) in [7, 11) is 0. The molecule has 0 saturated carbocycles. The van der Waals surface area contributed by atoms with Crippen LogP contribution in [0.25, 0.3) is 0 Å². The molecule has 0 fully saturated rings. The maximum atomic E-state index is 4.80. The monoisotopic (exact) mass is 284 g/mol. The molecule has 3 heterocycles. The van der Waals surface area contributed by atoms with E-state index in [1.165, 1.54) is 22.5 Å². The van der Waals surface area contributed by atoms with Crippen molar-refractivity contribution in [3.63, 3.8) is 0 Å². The molecule has 0 radical (unpaired) electrons. The van der Waals surface area contributed by atoms with E-state index in [4.69, 9.17) is 5.10 Å². The molecular formula is C17H24N4. The first-order valence-electron chi connectivity index (χ1n) is 7.80. The Morgan fingerprint density at radius 3 is 2.90 bits per heavy atom. The molecule has 1 aromatic heterocycles. The first-order chi connectivity index (χ1) is 10.1. The van der Waals surface area contributed by atoms with E-state index in [-0.39, 0.29) is 0 Å². The number of pyridine rings is 1. The van der Waals surface area contributed by atoms with E-state index in [1.807, 2.05) is 18.5 Å². The molecule has 4 heteroatoms. The molecule has 2 aliphatic rings. The summed E-state index contributed by atoms with van der Waals surface area (Å²) < 4.78 is 0. The van der Waals surface area contributed by atoms with Crippen LogP contribution in [0.5, 0.6) is 0 Å². The molecular weight excluding hydrogens is 260 g/mol. The molecule has 0 bridgehead atoms. The Bertz CT molecular complexity index is 559. The molecule has 0 aromatic carbocycles. The topological polar surface area (TPSA) is 31.7 Å². The molecule has 0 atom stereocenters. The first-order valence-corrected chi connectivity index (χ1v) is 7.80. The van der Waals surface area contributed by atoms with Crippen molar-refractivity contribution in [3.05, 3.63) is 41.4 Å². The normalized spacial score (nSPS) is 18.4. The molecule has 0 amide bonds. The molecule has 3 rings (SSSR count). The molecule has 4 nitrogen and oxygen atoms in total. The average molecular weight is 284 g/mol. The fraction of sp³-hybridized carbons (Fsp3) is 0.529. The van der Waals surface area contributed by atoms with Crippen LogP contribution in [-0.4, -0.2) is 40.2 Å². The third-order valence-corrected chi connectivity index (χ3v) is 4.15. The Morgan fingerprint density at radius 1 is 1.33 bits per heavy atom. The van der Waals surface area contributed by atoms with Gasteiger partial charge >= 0.3 is 0 Å². The van der Waals surface area contributed by atoms with E-state index < -0.39 is 0 Å². The summed E-state index contributed by atoms with van der Waals surface area (Å²) in [5.41, 5.74) is 5.39. The lowest BCUT2D eigenvalue weighted by Crippen LogP contribution is -2.31. The minimum Gasteiger partial charge on any atom is -0.370 e. The molecule has 21 heavy (non-hydrogen) atoms. The maximum absolute atomic E-state index is 4.80. The summed E-state index contributed by atoms with van der Waals surface area (Å²) in [6.07, 6.45) is 4.85. The van der Waals surface area contributed by atoms with Gasteiger partial charge in [0.05, 0.1) is 12.3 Å². The highest BCUT2D eigenvalue weighted by molar-refractivity contribution is 6.03. The molecule has 0 spiro atoms. The highest BCUT2D eigenvalue weighted by atomic mass is 15.5. The predicted octanol–water partition coefficient (Wildman–Crippen LogP) is 2.89. The summed E-state index contributed by atoms with van der Waals surface area (Å²) in [6, 6.07) is 4.16. The van der Waals surface area contributed by atoms with Gasteiger partial charge in [0.1, 0.15) is 0 Å². The Labute approximate surface area is 127 Å². The number of allylic oxidation sites excluding steroid dienone is 1. The van der Waals surface area contributed by atoms with Gasteiger partial charge in [0.15, 0.2) is 0 Å². The highest BCUT2D eigenvalue weighted by Crippen LogP contribution is 2.27. The summed E-state index contributed by atoms with van der Waals surface area (Å²) in [6.45, 7) is 10.8. The van der Waals surface area contributed by atoms with Crippen molar-refractivity contribution in [2.24, 2.45) is 11.0 Å². The quantitative estimate of drug-likeness (QED) is 0.852. The summed E-state index contributed by atoms with van der Waals surface area (Å²) in [5.74, 6) is 0.655. The van der Waals surface area contributed by atoms with Crippen LogP contribution >= 0.6 is 0 Å². The molecule has 1 aromatic rings. The van der Waals surface area contributed by atoms with E-state index in [0.29, 0.717) is 5.92 Å². The SMILES string of the molecule is CC1=C2CN(CC(C)C)N=C2CCN1Cc1cccnc1. The van der Waals surface area contributed by atoms with Crippen LogP contribution < -0.4 is 0 Å². The van der Waals surface area contributed by atoms with Crippen molar-refractivity contribution in [1.82, 2.24) is 14.9 Å². The lowest BCUT2D eigenvalue weighted by Gasteiger charge is -2.31. The van der Waals surface area contributed by atoms with E-state index in [1.54, 1.807) is 0 Å². The van der Waals surface area contributed by atoms with Gasteiger partial charge in [-0.05, 0) is 24.5 Å². The fourth-order valence-corrected chi connectivity index (χ4v) is 3.10. The van der Waals surface area contributed by atoms with Crippen molar-refractivity contribution in [1.29, 1.82) is 0 Å². The van der Waals surface area contributed by atoms with Gasteiger partial charge in [0.25, 0.3) is 0 Å². The lowest BCUT2D eigenvalue weighted by atomic mass is 10.0. The summed E-state index contributed by atoms with van der Waals surface area (Å²) >= 11 is 0. The van der Waals surface area contributed by atoms with Gasteiger partial charge in [-0.3, -0.25) is 9.99 Å². The number of hydrazone groups is 1. The van der Waals surface area contributed by atoms with Crippen molar-refractivity contribution < 1.29 is 0 Å². The Balaban J connectivity index is 1.74. The zero-order chi connectivity index (χ0) is 14.8. The third kappa shape index (κ3) is 3.09. The second-order valence-electron chi connectivity index (χ2n) is 6.38. The molecule has 2 aliphatic heterocycles. The minimum absolute atomic E-state index is 0.655. The van der Waals surface area contributed by atoms with Crippen LogP contribution in [0.2, 0.25) is 0 Å². The fourth-order valence-electron chi connectivity index (χ4n) is 3.10. The number of nitrogens with zero attached hydrogens (tertiary/aromatic N) is 4. The number of rotatable bonds is 4. The zero-order valence-electron chi connectivity index (χ0n) is 13.2. The van der Waals surface area contributed by atoms with Crippen LogP contribution in [0, 0.1) is 5.92 Å². The van der Waals surface area contributed by atoms with Crippen molar-refractivity contribution >= 4 is 5.71 Å². The minimum atomic E-state index is 0.655. The second-order valence-corrected chi connectivity index (χ2v) is 6.38. The van der Waals surface area contributed by atoms with Crippen LogP contribution in [0.3, 0.4) is 0 Å². The first kappa shape index (κ1) is 14.1. The van der Waals surface area contributed by atoms with E-state index in [2.05, 4.69) is 41.7 Å². The van der Waals surface area contributed by atoms with Crippen LogP contribution in [0.4, 0.5) is 0 Å². The van der Waals surface area contributed by atoms with Gasteiger partial charge in [-0.1, -0.05) is 19.9 Å². The predicted molar refractivity (Wildman–Crippen MR) is 85.8 cm³/mol. The molecule has 0 saturated heterocycles. The largest absolute Gasteiger partial charge is 0.370 e. The number of hydrogen-bond donors (Lipinski definition) is 0. The van der Waals surface area contributed by atoms with E-state index >= 15 is 0 Å². The maximum Gasteiger partial charge on any atom is 0.0690 e. The van der Waals surface area contributed by atoms with Gasteiger partial charge in [0, 0.05) is 49.7 Å². The molecule has 0 aliphatic carbocycles. The van der Waals surface area contributed by atoms with Gasteiger partial charge in [0.2, 0.25) is 0 Å². The number of aromatic nitrogens is 1. The number of hydrogen-bond acceptors (Lipinski definition) is 4. The van der Waals surface area contributed by atoms with Crippen LogP contribution in [-0.2, 0) is 6.54 Å². The van der Waals surface area contributed by atoms with Gasteiger partial charge in [-0.15, -0.1) is 0 Å². The molecule has 112 valence electrons. The standard InChI is InChI=1S/C17H24N4/c1-13(2)10-21-12-16-14(3)20(8-6-17(16)19-21)11-15-5-4-7-18-9-15/h4-5,7,9,13H,6,8,10-12H2,1-3H3. The van der Waals surface area contributed by atoms with E-state index in [0.717, 1.165) is 32.6 Å². The van der Waals surface area contributed by atoms with E-state index in [9.17, 15) is 0 Å². The third-order valence-electron chi connectivity index (χ3n) is 4.15. The Hall–Kier alpha value is -1.84. The van der Waals surface area contributed by atoms with Crippen molar-refractivity contribution in [2.75, 3.05) is 19.6 Å². The van der Waals surface area contributed by atoms with Crippen molar-refractivity contribution in [3.8, 4) is 0 Å². The Morgan fingerprint density at radius 2 is 2.19 bits per heavy atom. The smallest absolute Gasteiger partial charge is 0.0690 e. The van der Waals surface area contributed by atoms with Gasteiger partial charge in [-0.2, -0.15) is 5.10 Å². The Kier molecular flexibility index (Phi) is 3.95. The van der Waals surface area contributed by atoms with Gasteiger partial charge in [-0.25, -0.2) is 0 Å². The number of fused-ring (bicyclic) bond motifs is 1. The van der Waals surface area contributed by atoms with Gasteiger partial charge < -0.3 is 4.90 Å². The zero-order valence-corrected chi connectivity index (χ0v) is 13.2. The van der Waals surface area contributed by atoms with Crippen LogP contribution in [0.1, 0.15) is 32.8 Å². The molecule has 0 unspecified atom stereocenters. The summed E-state index contributed by atoms with van der Waals surface area (Å²) in [4.78, 5) is 6.67. The van der Waals surface area contributed by atoms with Crippen LogP contribution in [0.15, 0.2) is 40.9 Å². The average Bonchev–Trinajstić information content (AvgIpc) is 2.86. The van der Waals surface area contributed by atoms with Crippen molar-refractivity contribution in [2.45, 2.75) is 33.7 Å². The highest BCUT2D eigenvalue weighted by Gasteiger charge is 2.28. The second kappa shape index (κ2) is 5.88. The molecule has 0 N–H and O–H groups in total. The summed E-state index contributed by atoms with van der Waals surface area (Å²) in [5, 5.41) is 7.02.